The molecule has 4 nitrogen and oxygen atoms in total. The molecule has 2 N–H and O–H groups in total. The molecule has 0 aliphatic carbocycles. The van der Waals surface area contributed by atoms with Gasteiger partial charge >= 0.3 is 0 Å². The molecule has 0 unspecified atom stereocenters. The average molecular weight is 340 g/mol. The lowest BCUT2D eigenvalue weighted by molar-refractivity contribution is -0.116. The molecule has 0 aliphatic rings. The number of carbonyl (C=O) groups excluding carboxylic acids is 1. The summed E-state index contributed by atoms with van der Waals surface area (Å²) in [6, 6.07) is 8.51. The number of aromatic nitrogens is 1. The summed E-state index contributed by atoms with van der Waals surface area (Å²) in [5.41, 5.74) is 3.52. The van der Waals surface area contributed by atoms with Crippen molar-refractivity contribution in [2.75, 3.05) is 18.9 Å². The molecule has 0 spiro atoms. The van der Waals surface area contributed by atoms with Gasteiger partial charge in [0, 0.05) is 24.3 Å². The second kappa shape index (κ2) is 8.88. The number of carbonyl (C=O) groups is 1. The van der Waals surface area contributed by atoms with Crippen molar-refractivity contribution in [3.05, 3.63) is 46.0 Å². The minimum absolute atomic E-state index is 0. The van der Waals surface area contributed by atoms with Gasteiger partial charge in [0.15, 0.2) is 5.13 Å². The Hall–Kier alpha value is -1.43. The van der Waals surface area contributed by atoms with Crippen molar-refractivity contribution >= 4 is 34.8 Å². The van der Waals surface area contributed by atoms with E-state index < -0.39 is 0 Å². The third-order valence-electron chi connectivity index (χ3n) is 3.23. The van der Waals surface area contributed by atoms with Crippen molar-refractivity contribution in [1.82, 2.24) is 10.3 Å². The predicted octanol–water partition coefficient (Wildman–Crippen LogP) is 3.32. The van der Waals surface area contributed by atoms with Crippen LogP contribution in [0.1, 0.15) is 28.1 Å². The summed E-state index contributed by atoms with van der Waals surface area (Å²) < 4.78 is 0. The van der Waals surface area contributed by atoms with E-state index in [1.54, 1.807) is 11.3 Å². The molecule has 0 saturated carbocycles. The number of hydrogen-bond acceptors (Lipinski definition) is 4. The fourth-order valence-electron chi connectivity index (χ4n) is 1.96. The van der Waals surface area contributed by atoms with Gasteiger partial charge in [0.05, 0.1) is 5.69 Å². The molecular weight excluding hydrogens is 318 g/mol. The molecule has 2 rings (SSSR count). The SMILES string of the molecule is CNCCC(=O)Nc1nc(C)c(Cc2ccc(C)cc2)s1.Cl. The van der Waals surface area contributed by atoms with Crippen LogP contribution in [0.5, 0.6) is 0 Å². The number of amides is 1. The van der Waals surface area contributed by atoms with E-state index in [0.29, 0.717) is 18.1 Å². The van der Waals surface area contributed by atoms with Crippen molar-refractivity contribution in [3.63, 3.8) is 0 Å². The van der Waals surface area contributed by atoms with Crippen LogP contribution in [0.4, 0.5) is 5.13 Å². The molecular formula is C16H22ClN3OS. The molecule has 22 heavy (non-hydrogen) atoms. The number of nitrogens with zero attached hydrogens (tertiary/aromatic N) is 1. The molecule has 1 amide bonds. The molecule has 0 saturated heterocycles. The fraction of sp³-hybridized carbons (Fsp3) is 0.375. The Labute approximate surface area is 141 Å². The first-order chi connectivity index (χ1) is 10.1. The zero-order valence-electron chi connectivity index (χ0n) is 13.1. The Balaban J connectivity index is 0.00000242. The fourth-order valence-corrected chi connectivity index (χ4v) is 2.97. The number of rotatable bonds is 6. The molecule has 1 aromatic heterocycles. The Morgan fingerprint density at radius 3 is 2.55 bits per heavy atom. The maximum Gasteiger partial charge on any atom is 0.227 e. The van der Waals surface area contributed by atoms with Gasteiger partial charge in [-0.1, -0.05) is 29.8 Å². The van der Waals surface area contributed by atoms with Crippen LogP contribution in [0.25, 0.3) is 0 Å². The lowest BCUT2D eigenvalue weighted by Gasteiger charge is -2.01. The molecule has 6 heteroatoms. The number of halogens is 1. The van der Waals surface area contributed by atoms with Crippen molar-refractivity contribution in [1.29, 1.82) is 0 Å². The van der Waals surface area contributed by atoms with Gasteiger partial charge in [-0.2, -0.15) is 0 Å². The average Bonchev–Trinajstić information content (AvgIpc) is 2.79. The third kappa shape index (κ3) is 5.40. The van der Waals surface area contributed by atoms with E-state index in [1.807, 2.05) is 14.0 Å². The van der Waals surface area contributed by atoms with Crippen molar-refractivity contribution in [2.24, 2.45) is 0 Å². The van der Waals surface area contributed by atoms with Gasteiger partial charge in [-0.25, -0.2) is 4.98 Å². The van der Waals surface area contributed by atoms with Crippen LogP contribution in [0.15, 0.2) is 24.3 Å². The van der Waals surface area contributed by atoms with E-state index in [-0.39, 0.29) is 18.3 Å². The molecule has 0 radical (unpaired) electrons. The maximum atomic E-state index is 11.7. The topological polar surface area (TPSA) is 54.0 Å². The van der Waals surface area contributed by atoms with Crippen LogP contribution in [0, 0.1) is 13.8 Å². The quantitative estimate of drug-likeness (QED) is 0.848. The van der Waals surface area contributed by atoms with Crippen molar-refractivity contribution in [3.8, 4) is 0 Å². The van der Waals surface area contributed by atoms with E-state index in [0.717, 1.165) is 12.1 Å². The predicted molar refractivity (Wildman–Crippen MR) is 95.3 cm³/mol. The number of benzene rings is 1. The number of anilines is 1. The van der Waals surface area contributed by atoms with Gasteiger partial charge in [-0.05, 0) is 26.5 Å². The van der Waals surface area contributed by atoms with Gasteiger partial charge in [-0.15, -0.1) is 23.7 Å². The molecule has 0 atom stereocenters. The summed E-state index contributed by atoms with van der Waals surface area (Å²) in [5.74, 6) is -0.0000131. The summed E-state index contributed by atoms with van der Waals surface area (Å²) in [7, 11) is 1.83. The molecule has 120 valence electrons. The van der Waals surface area contributed by atoms with Crippen LogP contribution >= 0.6 is 23.7 Å². The Morgan fingerprint density at radius 2 is 1.91 bits per heavy atom. The largest absolute Gasteiger partial charge is 0.319 e. The molecule has 0 aliphatic heterocycles. The highest BCUT2D eigenvalue weighted by atomic mass is 35.5. The second-order valence-electron chi connectivity index (χ2n) is 5.09. The zero-order valence-corrected chi connectivity index (χ0v) is 14.7. The minimum atomic E-state index is -0.0000131. The van der Waals surface area contributed by atoms with Crippen molar-refractivity contribution in [2.45, 2.75) is 26.7 Å². The smallest absolute Gasteiger partial charge is 0.227 e. The van der Waals surface area contributed by atoms with Gasteiger partial charge in [0.2, 0.25) is 5.91 Å². The van der Waals surface area contributed by atoms with Crippen LogP contribution in [0.2, 0.25) is 0 Å². The van der Waals surface area contributed by atoms with E-state index >= 15 is 0 Å². The number of thiazole rings is 1. The van der Waals surface area contributed by atoms with Crippen LogP contribution in [0.3, 0.4) is 0 Å². The standard InChI is InChI=1S/C16H21N3OS.ClH/c1-11-4-6-13(7-5-11)10-14-12(2)18-16(21-14)19-15(20)8-9-17-3;/h4-7,17H,8-10H2,1-3H3,(H,18,19,20);1H. The summed E-state index contributed by atoms with van der Waals surface area (Å²) >= 11 is 1.56. The van der Waals surface area contributed by atoms with E-state index in [9.17, 15) is 4.79 Å². The third-order valence-corrected chi connectivity index (χ3v) is 4.30. The number of aryl methyl sites for hydroxylation is 2. The maximum absolute atomic E-state index is 11.7. The van der Waals surface area contributed by atoms with E-state index in [2.05, 4.69) is 46.8 Å². The van der Waals surface area contributed by atoms with Gasteiger partial charge in [0.1, 0.15) is 0 Å². The Kier molecular flexibility index (Phi) is 7.51. The second-order valence-corrected chi connectivity index (χ2v) is 6.18. The number of hydrogen-bond donors (Lipinski definition) is 2. The monoisotopic (exact) mass is 339 g/mol. The molecule has 0 bridgehead atoms. The van der Waals surface area contributed by atoms with Gasteiger partial charge in [0.25, 0.3) is 0 Å². The highest BCUT2D eigenvalue weighted by Crippen LogP contribution is 2.25. The van der Waals surface area contributed by atoms with Crippen LogP contribution in [-0.4, -0.2) is 24.5 Å². The molecule has 2 aromatic rings. The molecule has 1 aromatic carbocycles. The van der Waals surface area contributed by atoms with Gasteiger partial charge in [-0.3, -0.25) is 4.79 Å². The first kappa shape index (κ1) is 18.6. The summed E-state index contributed by atoms with van der Waals surface area (Å²) in [6.07, 6.45) is 1.32. The summed E-state index contributed by atoms with van der Waals surface area (Å²) in [5, 5.41) is 6.51. The van der Waals surface area contributed by atoms with Crippen LogP contribution in [-0.2, 0) is 11.2 Å². The summed E-state index contributed by atoms with van der Waals surface area (Å²) in [4.78, 5) is 17.3. The Bertz CT molecular complexity index is 610. The number of nitrogens with one attached hydrogen (secondary N) is 2. The Morgan fingerprint density at radius 1 is 1.23 bits per heavy atom. The highest BCUT2D eigenvalue weighted by Gasteiger charge is 2.10. The first-order valence-corrected chi connectivity index (χ1v) is 7.86. The zero-order chi connectivity index (χ0) is 15.2. The lowest BCUT2D eigenvalue weighted by Crippen LogP contribution is -2.18. The van der Waals surface area contributed by atoms with Crippen molar-refractivity contribution < 1.29 is 4.79 Å². The van der Waals surface area contributed by atoms with Gasteiger partial charge < -0.3 is 10.6 Å². The highest BCUT2D eigenvalue weighted by molar-refractivity contribution is 7.15. The van der Waals surface area contributed by atoms with E-state index in [1.165, 1.54) is 16.0 Å². The lowest BCUT2D eigenvalue weighted by atomic mass is 10.1. The normalized spacial score (nSPS) is 10.1. The first-order valence-electron chi connectivity index (χ1n) is 7.05. The van der Waals surface area contributed by atoms with Crippen LogP contribution < -0.4 is 10.6 Å². The summed E-state index contributed by atoms with van der Waals surface area (Å²) in [6.45, 7) is 4.75. The minimum Gasteiger partial charge on any atom is -0.319 e. The molecule has 0 fully saturated rings. The van der Waals surface area contributed by atoms with E-state index in [4.69, 9.17) is 0 Å². The molecule has 1 heterocycles.